The lowest BCUT2D eigenvalue weighted by atomic mass is 10.0. The Morgan fingerprint density at radius 3 is 2.73 bits per heavy atom. The summed E-state index contributed by atoms with van der Waals surface area (Å²) in [6.45, 7) is 0. The molecule has 1 fully saturated rings. The fourth-order valence-corrected chi connectivity index (χ4v) is 1.58. The first kappa shape index (κ1) is 9.40. The van der Waals surface area contributed by atoms with Crippen LogP contribution in [0.25, 0.3) is 0 Å². The van der Waals surface area contributed by atoms with Gasteiger partial charge < -0.3 is 4.98 Å². The summed E-state index contributed by atoms with van der Waals surface area (Å²) in [5.74, 6) is 0.00218. The van der Waals surface area contributed by atoms with Crippen molar-refractivity contribution in [2.45, 2.75) is 18.8 Å². The van der Waals surface area contributed by atoms with Crippen LogP contribution in [0, 0.1) is 21.4 Å². The molecule has 0 atom stereocenters. The Bertz CT molecular complexity index is 522. The van der Waals surface area contributed by atoms with Gasteiger partial charge in [0.15, 0.2) is 0 Å². The predicted molar refractivity (Wildman–Crippen MR) is 50.4 cm³/mol. The van der Waals surface area contributed by atoms with Gasteiger partial charge in [-0.05, 0) is 18.8 Å². The Morgan fingerprint density at radius 2 is 2.27 bits per heavy atom. The number of H-pyrrole nitrogens is 1. The number of pyridine rings is 1. The molecule has 0 unspecified atom stereocenters. The van der Waals surface area contributed by atoms with Crippen molar-refractivity contribution >= 4 is 5.69 Å². The average Bonchev–Trinajstić information content (AvgIpc) is 2.99. The van der Waals surface area contributed by atoms with Gasteiger partial charge in [-0.2, -0.15) is 5.26 Å². The van der Waals surface area contributed by atoms with Crippen LogP contribution < -0.4 is 5.56 Å². The van der Waals surface area contributed by atoms with Crippen LogP contribution in [0.2, 0.25) is 0 Å². The van der Waals surface area contributed by atoms with Gasteiger partial charge in [0.25, 0.3) is 11.2 Å². The van der Waals surface area contributed by atoms with Crippen LogP contribution in [0.5, 0.6) is 0 Å². The molecular formula is C9H7N3O3. The van der Waals surface area contributed by atoms with Gasteiger partial charge >= 0.3 is 0 Å². The van der Waals surface area contributed by atoms with Crippen LogP contribution in [-0.4, -0.2) is 9.91 Å². The average molecular weight is 205 g/mol. The maximum absolute atomic E-state index is 11.3. The molecule has 1 aromatic heterocycles. The van der Waals surface area contributed by atoms with E-state index in [1.165, 1.54) is 0 Å². The Morgan fingerprint density at radius 1 is 1.60 bits per heavy atom. The van der Waals surface area contributed by atoms with Gasteiger partial charge in [0.1, 0.15) is 11.6 Å². The summed E-state index contributed by atoms with van der Waals surface area (Å²) < 4.78 is 0. The molecule has 1 aliphatic carbocycles. The summed E-state index contributed by atoms with van der Waals surface area (Å²) in [6.07, 6.45) is 2.68. The van der Waals surface area contributed by atoms with Gasteiger partial charge in [0.2, 0.25) is 0 Å². The first-order valence-corrected chi connectivity index (χ1v) is 4.45. The van der Waals surface area contributed by atoms with Gasteiger partial charge in [0, 0.05) is 0 Å². The number of rotatable bonds is 2. The molecule has 2 rings (SSSR count). The molecular weight excluding hydrogens is 198 g/mol. The topological polar surface area (TPSA) is 99.8 Å². The minimum atomic E-state index is -0.565. The number of aromatic amines is 1. The van der Waals surface area contributed by atoms with Crippen LogP contribution in [0.1, 0.15) is 29.9 Å². The molecule has 1 saturated carbocycles. The van der Waals surface area contributed by atoms with E-state index in [1.807, 2.05) is 0 Å². The van der Waals surface area contributed by atoms with E-state index in [0.717, 1.165) is 19.0 Å². The Hall–Kier alpha value is -2.16. The van der Waals surface area contributed by atoms with Crippen molar-refractivity contribution in [3.63, 3.8) is 0 Å². The molecule has 0 amide bonds. The molecule has 1 aliphatic rings. The molecule has 15 heavy (non-hydrogen) atoms. The third kappa shape index (κ3) is 1.48. The second-order valence-electron chi connectivity index (χ2n) is 3.43. The van der Waals surface area contributed by atoms with Crippen molar-refractivity contribution in [3.05, 3.63) is 37.8 Å². The SMILES string of the molecule is N#Cc1c(C2CC2)c([N+](=O)[O-])c[nH]c1=O. The minimum absolute atomic E-state index is 0.00218. The van der Waals surface area contributed by atoms with Gasteiger partial charge in [-0.15, -0.1) is 0 Å². The summed E-state index contributed by atoms with van der Waals surface area (Å²) in [5.41, 5.74) is -0.531. The monoisotopic (exact) mass is 205 g/mol. The van der Waals surface area contributed by atoms with Crippen LogP contribution in [-0.2, 0) is 0 Å². The Balaban J connectivity index is 2.73. The molecule has 6 heteroatoms. The van der Waals surface area contributed by atoms with E-state index in [1.54, 1.807) is 6.07 Å². The van der Waals surface area contributed by atoms with Crippen molar-refractivity contribution in [1.82, 2.24) is 4.98 Å². The molecule has 0 bridgehead atoms. The molecule has 1 aromatic rings. The zero-order valence-electron chi connectivity index (χ0n) is 7.69. The Kier molecular flexibility index (Phi) is 2.01. The summed E-state index contributed by atoms with van der Waals surface area (Å²) in [7, 11) is 0. The van der Waals surface area contributed by atoms with E-state index in [-0.39, 0.29) is 17.2 Å². The van der Waals surface area contributed by atoms with Crippen LogP contribution in [0.4, 0.5) is 5.69 Å². The van der Waals surface area contributed by atoms with E-state index in [4.69, 9.17) is 5.26 Å². The molecule has 0 radical (unpaired) electrons. The number of nitriles is 1. The lowest BCUT2D eigenvalue weighted by Gasteiger charge is -2.01. The predicted octanol–water partition coefficient (Wildman–Crippen LogP) is 1.03. The normalized spacial score (nSPS) is 14.6. The first-order valence-electron chi connectivity index (χ1n) is 4.45. The maximum atomic E-state index is 11.3. The fourth-order valence-electron chi connectivity index (χ4n) is 1.58. The van der Waals surface area contributed by atoms with E-state index in [0.29, 0.717) is 5.56 Å². The van der Waals surface area contributed by atoms with Crippen LogP contribution >= 0.6 is 0 Å². The van der Waals surface area contributed by atoms with E-state index in [9.17, 15) is 14.9 Å². The summed E-state index contributed by atoms with van der Waals surface area (Å²) in [4.78, 5) is 23.6. The third-order valence-corrected chi connectivity index (χ3v) is 2.41. The lowest BCUT2D eigenvalue weighted by Crippen LogP contribution is -2.14. The minimum Gasteiger partial charge on any atom is -0.322 e. The summed E-state index contributed by atoms with van der Waals surface area (Å²) in [6, 6.07) is 1.73. The second-order valence-corrected chi connectivity index (χ2v) is 3.43. The molecule has 76 valence electrons. The van der Waals surface area contributed by atoms with E-state index < -0.39 is 10.5 Å². The number of aromatic nitrogens is 1. The van der Waals surface area contributed by atoms with Gasteiger partial charge in [0.05, 0.1) is 16.7 Å². The smallest absolute Gasteiger partial charge is 0.290 e. The van der Waals surface area contributed by atoms with Gasteiger partial charge in [-0.25, -0.2) is 0 Å². The number of nitro groups is 1. The summed E-state index contributed by atoms with van der Waals surface area (Å²) in [5, 5.41) is 19.5. The van der Waals surface area contributed by atoms with Crippen LogP contribution in [0.3, 0.4) is 0 Å². The highest BCUT2D eigenvalue weighted by Gasteiger charge is 2.34. The molecule has 0 saturated heterocycles. The first-order chi connectivity index (χ1) is 7.15. The van der Waals surface area contributed by atoms with Crippen molar-refractivity contribution < 1.29 is 4.92 Å². The number of hydrogen-bond acceptors (Lipinski definition) is 4. The molecule has 0 spiro atoms. The van der Waals surface area contributed by atoms with Crippen molar-refractivity contribution in [2.75, 3.05) is 0 Å². The second kappa shape index (κ2) is 3.20. The molecule has 1 heterocycles. The Labute approximate surface area is 84.3 Å². The fraction of sp³-hybridized carbons (Fsp3) is 0.333. The van der Waals surface area contributed by atoms with E-state index in [2.05, 4.69) is 4.98 Å². The standard InChI is InChI=1S/C9H7N3O3/c10-3-6-8(5-1-2-5)7(12(14)15)4-11-9(6)13/h4-5H,1-2H2,(H,11,13). The van der Waals surface area contributed by atoms with E-state index >= 15 is 0 Å². The third-order valence-electron chi connectivity index (χ3n) is 2.41. The van der Waals surface area contributed by atoms with Crippen LogP contribution in [0.15, 0.2) is 11.0 Å². The molecule has 1 N–H and O–H groups in total. The number of nitrogens with zero attached hydrogens (tertiary/aromatic N) is 2. The molecule has 0 aromatic carbocycles. The molecule has 0 aliphatic heterocycles. The van der Waals surface area contributed by atoms with Crippen molar-refractivity contribution in [3.8, 4) is 6.07 Å². The molecule has 6 nitrogen and oxygen atoms in total. The quantitative estimate of drug-likeness (QED) is 0.575. The number of nitrogens with one attached hydrogen (secondary N) is 1. The van der Waals surface area contributed by atoms with Crippen molar-refractivity contribution in [2.24, 2.45) is 0 Å². The zero-order valence-corrected chi connectivity index (χ0v) is 7.69. The lowest BCUT2D eigenvalue weighted by molar-refractivity contribution is -0.385. The highest BCUT2D eigenvalue weighted by Crippen LogP contribution is 2.44. The summed E-state index contributed by atoms with van der Waals surface area (Å²) >= 11 is 0. The van der Waals surface area contributed by atoms with Gasteiger partial charge in [-0.1, -0.05) is 0 Å². The zero-order chi connectivity index (χ0) is 11.0. The number of hydrogen-bond donors (Lipinski definition) is 1. The largest absolute Gasteiger partial charge is 0.322 e. The van der Waals surface area contributed by atoms with Crippen molar-refractivity contribution in [1.29, 1.82) is 5.26 Å². The highest BCUT2D eigenvalue weighted by atomic mass is 16.6. The highest BCUT2D eigenvalue weighted by molar-refractivity contribution is 5.51. The maximum Gasteiger partial charge on any atom is 0.290 e. The van der Waals surface area contributed by atoms with Gasteiger partial charge in [-0.3, -0.25) is 14.9 Å².